The molecule has 0 spiro atoms. The topological polar surface area (TPSA) is 127 Å². The third-order valence-corrected chi connectivity index (χ3v) is 4.35. The lowest BCUT2D eigenvalue weighted by Gasteiger charge is -2.17. The Balaban J connectivity index is 2.35. The molecular weight excluding hydrogens is 431 g/mol. The van der Waals surface area contributed by atoms with E-state index in [0.29, 0.717) is 12.4 Å². The Bertz CT molecular complexity index is 1010. The maximum absolute atomic E-state index is 14.6. The van der Waals surface area contributed by atoms with Gasteiger partial charge in [-0.05, 0) is 43.8 Å². The van der Waals surface area contributed by atoms with E-state index >= 15 is 0 Å². The standard InChI is InChI=1S/C23H29FN4O5/c1-14(13-31-4)32-17-9-16(22(29)27-21(26)7-8-25)10-18(12-17)33-20-6-5-15(11-19(20)24)23(30)28(2)3/h5-6,9-12,14H,7-8,13,25H2,1-4H3,(H2,26,27,29). The predicted octanol–water partition coefficient (Wildman–Crippen LogP) is 2.79. The fraction of sp³-hybridized carbons (Fsp3) is 0.348. The van der Waals surface area contributed by atoms with Gasteiger partial charge in [0.25, 0.3) is 11.8 Å². The number of benzene rings is 2. The molecule has 2 aromatic carbocycles. The highest BCUT2D eigenvalue weighted by Crippen LogP contribution is 2.30. The average Bonchev–Trinajstić information content (AvgIpc) is 2.74. The molecule has 2 amide bonds. The SMILES string of the molecule is COCC(C)Oc1cc(Oc2ccc(C(=O)N(C)C)cc2F)cc(C(=O)NC(=N)CCN)c1. The number of rotatable bonds is 10. The Labute approximate surface area is 192 Å². The van der Waals surface area contributed by atoms with Crippen LogP contribution in [0.1, 0.15) is 34.1 Å². The second-order valence-corrected chi connectivity index (χ2v) is 7.50. The maximum atomic E-state index is 14.6. The summed E-state index contributed by atoms with van der Waals surface area (Å²) in [5.74, 6) is -1.37. The summed E-state index contributed by atoms with van der Waals surface area (Å²) in [4.78, 5) is 26.0. The molecule has 1 atom stereocenters. The fourth-order valence-electron chi connectivity index (χ4n) is 2.85. The van der Waals surface area contributed by atoms with E-state index in [1.165, 1.54) is 42.3 Å². The molecule has 10 heteroatoms. The summed E-state index contributed by atoms with van der Waals surface area (Å²) in [5.41, 5.74) is 5.74. The minimum Gasteiger partial charge on any atom is -0.488 e. The number of amides is 2. The van der Waals surface area contributed by atoms with E-state index in [9.17, 15) is 14.0 Å². The highest BCUT2D eigenvalue weighted by molar-refractivity contribution is 6.06. The van der Waals surface area contributed by atoms with Crippen LogP contribution in [0.5, 0.6) is 17.2 Å². The van der Waals surface area contributed by atoms with Crippen molar-refractivity contribution in [2.75, 3.05) is 34.4 Å². The minimum absolute atomic E-state index is 0.0313. The summed E-state index contributed by atoms with van der Waals surface area (Å²) in [6.45, 7) is 2.31. The molecule has 0 fully saturated rings. The van der Waals surface area contributed by atoms with Crippen molar-refractivity contribution in [1.82, 2.24) is 10.2 Å². The largest absolute Gasteiger partial charge is 0.488 e. The van der Waals surface area contributed by atoms with E-state index in [0.717, 1.165) is 6.07 Å². The molecular formula is C23H29FN4O5. The van der Waals surface area contributed by atoms with Gasteiger partial charge in [0.1, 0.15) is 23.4 Å². The van der Waals surface area contributed by atoms with Gasteiger partial charge in [0.2, 0.25) is 0 Å². The zero-order valence-corrected chi connectivity index (χ0v) is 19.1. The van der Waals surface area contributed by atoms with Crippen LogP contribution in [0, 0.1) is 11.2 Å². The summed E-state index contributed by atoms with van der Waals surface area (Å²) in [6.07, 6.45) is -0.121. The van der Waals surface area contributed by atoms with Crippen molar-refractivity contribution in [3.8, 4) is 17.2 Å². The van der Waals surface area contributed by atoms with Crippen molar-refractivity contribution < 1.29 is 28.2 Å². The quantitative estimate of drug-likeness (QED) is 0.370. The first-order valence-corrected chi connectivity index (χ1v) is 10.2. The number of ether oxygens (including phenoxy) is 3. The summed E-state index contributed by atoms with van der Waals surface area (Å²) in [5, 5.41) is 10.2. The number of nitrogens with zero attached hydrogens (tertiary/aromatic N) is 1. The molecule has 0 heterocycles. The van der Waals surface area contributed by atoms with Crippen LogP contribution in [-0.2, 0) is 4.74 Å². The maximum Gasteiger partial charge on any atom is 0.256 e. The molecule has 0 saturated carbocycles. The van der Waals surface area contributed by atoms with Gasteiger partial charge in [-0.3, -0.25) is 15.0 Å². The summed E-state index contributed by atoms with van der Waals surface area (Å²) >= 11 is 0. The van der Waals surface area contributed by atoms with Gasteiger partial charge >= 0.3 is 0 Å². The van der Waals surface area contributed by atoms with Crippen molar-refractivity contribution in [2.24, 2.45) is 5.73 Å². The highest BCUT2D eigenvalue weighted by atomic mass is 19.1. The molecule has 4 N–H and O–H groups in total. The normalized spacial score (nSPS) is 11.5. The molecule has 178 valence electrons. The van der Waals surface area contributed by atoms with Crippen molar-refractivity contribution in [1.29, 1.82) is 5.41 Å². The van der Waals surface area contributed by atoms with Gasteiger partial charge < -0.3 is 30.2 Å². The molecule has 2 aromatic rings. The van der Waals surface area contributed by atoms with Crippen molar-refractivity contribution in [2.45, 2.75) is 19.4 Å². The number of amidine groups is 1. The lowest BCUT2D eigenvalue weighted by molar-refractivity contribution is 0.0826. The fourth-order valence-corrected chi connectivity index (χ4v) is 2.85. The molecule has 0 radical (unpaired) electrons. The van der Waals surface area contributed by atoms with Crippen LogP contribution >= 0.6 is 0 Å². The molecule has 33 heavy (non-hydrogen) atoms. The molecule has 0 bridgehead atoms. The van der Waals surface area contributed by atoms with E-state index in [1.54, 1.807) is 21.0 Å². The highest BCUT2D eigenvalue weighted by Gasteiger charge is 2.16. The molecule has 0 aromatic heterocycles. The van der Waals surface area contributed by atoms with Gasteiger partial charge in [-0.25, -0.2) is 4.39 Å². The molecule has 0 aliphatic heterocycles. The molecule has 0 saturated heterocycles. The van der Waals surface area contributed by atoms with Crippen LogP contribution < -0.4 is 20.5 Å². The van der Waals surface area contributed by atoms with Crippen LogP contribution in [0.15, 0.2) is 36.4 Å². The van der Waals surface area contributed by atoms with Crippen LogP contribution in [0.4, 0.5) is 4.39 Å². The van der Waals surface area contributed by atoms with Crippen LogP contribution in [0.25, 0.3) is 0 Å². The van der Waals surface area contributed by atoms with Gasteiger partial charge in [-0.15, -0.1) is 0 Å². The minimum atomic E-state index is -0.738. The first-order valence-electron chi connectivity index (χ1n) is 10.2. The second-order valence-electron chi connectivity index (χ2n) is 7.50. The van der Waals surface area contributed by atoms with E-state index in [1.807, 2.05) is 0 Å². The number of carbonyl (C=O) groups excluding carboxylic acids is 2. The number of hydrogen-bond acceptors (Lipinski definition) is 7. The van der Waals surface area contributed by atoms with E-state index in [-0.39, 0.29) is 53.4 Å². The zero-order valence-electron chi connectivity index (χ0n) is 19.1. The van der Waals surface area contributed by atoms with E-state index in [4.69, 9.17) is 25.4 Å². The lowest BCUT2D eigenvalue weighted by atomic mass is 10.1. The predicted molar refractivity (Wildman–Crippen MR) is 122 cm³/mol. The summed E-state index contributed by atoms with van der Waals surface area (Å²) in [7, 11) is 4.68. The Hall–Kier alpha value is -3.50. The van der Waals surface area contributed by atoms with Gasteiger partial charge in [0.05, 0.1) is 6.61 Å². The summed E-state index contributed by atoms with van der Waals surface area (Å²) < 4.78 is 31.1. The number of carbonyl (C=O) groups is 2. The smallest absolute Gasteiger partial charge is 0.256 e. The van der Waals surface area contributed by atoms with Gasteiger partial charge in [-0.2, -0.15) is 0 Å². The van der Waals surface area contributed by atoms with E-state index < -0.39 is 11.7 Å². The number of nitrogens with two attached hydrogens (primary N) is 1. The monoisotopic (exact) mass is 460 g/mol. The first-order chi connectivity index (χ1) is 15.6. The van der Waals surface area contributed by atoms with Crippen LogP contribution in [-0.4, -0.2) is 63.0 Å². The zero-order chi connectivity index (χ0) is 24.5. The van der Waals surface area contributed by atoms with Crippen LogP contribution in [0.2, 0.25) is 0 Å². The Morgan fingerprint density at radius 3 is 2.45 bits per heavy atom. The summed E-state index contributed by atoms with van der Waals surface area (Å²) in [6, 6.07) is 8.26. The molecule has 2 rings (SSSR count). The van der Waals surface area contributed by atoms with Crippen molar-refractivity contribution in [3.05, 3.63) is 53.3 Å². The lowest BCUT2D eigenvalue weighted by Crippen LogP contribution is -2.31. The molecule has 0 aliphatic carbocycles. The van der Waals surface area contributed by atoms with Gasteiger partial charge in [0, 0.05) is 44.8 Å². The number of nitrogens with one attached hydrogen (secondary N) is 2. The molecule has 1 unspecified atom stereocenters. The molecule has 0 aliphatic rings. The Kier molecular flexibility index (Phi) is 9.31. The Morgan fingerprint density at radius 2 is 1.85 bits per heavy atom. The Morgan fingerprint density at radius 1 is 1.15 bits per heavy atom. The number of hydrogen-bond donors (Lipinski definition) is 3. The first kappa shape index (κ1) is 25.8. The third kappa shape index (κ3) is 7.55. The van der Waals surface area contributed by atoms with Crippen LogP contribution in [0.3, 0.4) is 0 Å². The van der Waals surface area contributed by atoms with E-state index in [2.05, 4.69) is 5.32 Å². The van der Waals surface area contributed by atoms with Crippen molar-refractivity contribution in [3.63, 3.8) is 0 Å². The third-order valence-electron chi connectivity index (χ3n) is 4.35. The molecule has 9 nitrogen and oxygen atoms in total. The number of methoxy groups -OCH3 is 1. The van der Waals surface area contributed by atoms with Crippen molar-refractivity contribution >= 4 is 17.6 Å². The van der Waals surface area contributed by atoms with Gasteiger partial charge in [-0.1, -0.05) is 0 Å². The number of halogens is 1. The second kappa shape index (κ2) is 11.9. The average molecular weight is 461 g/mol. The van der Waals surface area contributed by atoms with Gasteiger partial charge in [0.15, 0.2) is 11.6 Å².